The van der Waals surface area contributed by atoms with E-state index in [-0.39, 0.29) is 17.3 Å². The summed E-state index contributed by atoms with van der Waals surface area (Å²) in [6.45, 7) is 5.95. The Morgan fingerprint density at radius 1 is 1.07 bits per heavy atom. The van der Waals surface area contributed by atoms with Gasteiger partial charge in [-0.05, 0) is 50.6 Å². The summed E-state index contributed by atoms with van der Waals surface area (Å²) in [6.07, 6.45) is 0.749. The summed E-state index contributed by atoms with van der Waals surface area (Å²) in [5.74, 6) is -0.835. The normalized spacial score (nSPS) is 10.9. The Hall–Kier alpha value is -3.48. The number of carbonyl (C=O) groups excluding carboxylic acids is 2. The molecule has 29 heavy (non-hydrogen) atoms. The molecule has 3 aromatic rings. The standard InChI is InChI=1S/C22H23N3O4/c1-4-13-29-22(28)15-9-11-16(12-10-15)23-20(26)19-17-7-5-6-8-18(17)21(27)25(24-19)14(2)3/h5-12,14H,4,13H2,1-3H3,(H,23,26). The molecule has 3 rings (SSSR count). The lowest BCUT2D eigenvalue weighted by atomic mass is 10.1. The first kappa shape index (κ1) is 20.3. The monoisotopic (exact) mass is 393 g/mol. The van der Waals surface area contributed by atoms with Crippen LogP contribution in [-0.4, -0.2) is 28.3 Å². The van der Waals surface area contributed by atoms with Gasteiger partial charge in [0.15, 0.2) is 5.69 Å². The van der Waals surface area contributed by atoms with Crippen molar-refractivity contribution in [2.24, 2.45) is 0 Å². The van der Waals surface area contributed by atoms with Crippen LogP contribution in [0, 0.1) is 0 Å². The van der Waals surface area contributed by atoms with Gasteiger partial charge < -0.3 is 10.1 Å². The van der Waals surface area contributed by atoms with Crippen LogP contribution < -0.4 is 10.9 Å². The molecule has 150 valence electrons. The molecule has 0 spiro atoms. The molecule has 1 amide bonds. The number of rotatable bonds is 6. The zero-order valence-electron chi connectivity index (χ0n) is 16.6. The van der Waals surface area contributed by atoms with Crippen molar-refractivity contribution >= 4 is 28.3 Å². The average Bonchev–Trinajstić information content (AvgIpc) is 2.72. The summed E-state index contributed by atoms with van der Waals surface area (Å²) in [7, 11) is 0. The fourth-order valence-electron chi connectivity index (χ4n) is 2.88. The third-order valence-electron chi connectivity index (χ3n) is 4.35. The zero-order chi connectivity index (χ0) is 21.0. The van der Waals surface area contributed by atoms with Gasteiger partial charge in [0, 0.05) is 11.1 Å². The minimum absolute atomic E-state index is 0.167. The Morgan fingerprint density at radius 2 is 1.72 bits per heavy atom. The quantitative estimate of drug-likeness (QED) is 0.644. The Labute approximate surface area is 168 Å². The molecule has 0 saturated carbocycles. The highest BCUT2D eigenvalue weighted by molar-refractivity contribution is 6.11. The van der Waals surface area contributed by atoms with Crippen molar-refractivity contribution < 1.29 is 14.3 Å². The van der Waals surface area contributed by atoms with Crippen LogP contribution in [0.5, 0.6) is 0 Å². The number of hydrogen-bond donors (Lipinski definition) is 1. The molecule has 0 radical (unpaired) electrons. The number of benzene rings is 2. The zero-order valence-corrected chi connectivity index (χ0v) is 16.6. The van der Waals surface area contributed by atoms with E-state index in [1.54, 1.807) is 48.5 Å². The Bertz CT molecular complexity index is 1100. The van der Waals surface area contributed by atoms with Crippen LogP contribution in [0.2, 0.25) is 0 Å². The molecular weight excluding hydrogens is 370 g/mol. The first-order valence-electron chi connectivity index (χ1n) is 9.52. The number of amides is 1. The second-order valence-corrected chi connectivity index (χ2v) is 6.91. The van der Waals surface area contributed by atoms with Gasteiger partial charge in [0.05, 0.1) is 23.6 Å². The minimum atomic E-state index is -0.433. The molecule has 0 unspecified atom stereocenters. The van der Waals surface area contributed by atoms with Gasteiger partial charge in [-0.15, -0.1) is 0 Å². The predicted molar refractivity (Wildman–Crippen MR) is 111 cm³/mol. The molecule has 0 aliphatic rings. The maximum absolute atomic E-state index is 12.9. The van der Waals surface area contributed by atoms with Gasteiger partial charge in [0.25, 0.3) is 11.5 Å². The molecule has 0 atom stereocenters. The minimum Gasteiger partial charge on any atom is -0.462 e. The maximum Gasteiger partial charge on any atom is 0.338 e. The highest BCUT2D eigenvalue weighted by Crippen LogP contribution is 2.17. The van der Waals surface area contributed by atoms with Crippen LogP contribution in [0.4, 0.5) is 5.69 Å². The summed E-state index contributed by atoms with van der Waals surface area (Å²) in [5.41, 5.74) is 0.853. The summed E-state index contributed by atoms with van der Waals surface area (Å²) in [4.78, 5) is 37.4. The lowest BCUT2D eigenvalue weighted by Gasteiger charge is -2.13. The largest absolute Gasteiger partial charge is 0.462 e. The smallest absolute Gasteiger partial charge is 0.338 e. The van der Waals surface area contributed by atoms with E-state index >= 15 is 0 Å². The van der Waals surface area contributed by atoms with E-state index in [4.69, 9.17) is 4.74 Å². The Morgan fingerprint density at radius 3 is 2.34 bits per heavy atom. The fourth-order valence-corrected chi connectivity index (χ4v) is 2.88. The maximum atomic E-state index is 12.9. The number of hydrogen-bond acceptors (Lipinski definition) is 5. The third kappa shape index (κ3) is 4.34. The van der Waals surface area contributed by atoms with Crippen LogP contribution in [0.15, 0.2) is 53.3 Å². The molecule has 1 heterocycles. The number of carbonyl (C=O) groups is 2. The van der Waals surface area contributed by atoms with E-state index in [0.717, 1.165) is 6.42 Å². The van der Waals surface area contributed by atoms with Crippen LogP contribution >= 0.6 is 0 Å². The highest BCUT2D eigenvalue weighted by atomic mass is 16.5. The summed E-state index contributed by atoms with van der Waals surface area (Å²) in [6, 6.07) is 13.2. The summed E-state index contributed by atoms with van der Waals surface area (Å²) >= 11 is 0. The second kappa shape index (κ2) is 8.68. The lowest BCUT2D eigenvalue weighted by Crippen LogP contribution is -2.28. The number of nitrogens with one attached hydrogen (secondary N) is 1. The molecule has 7 heteroatoms. The van der Waals surface area contributed by atoms with Crippen molar-refractivity contribution in [1.82, 2.24) is 9.78 Å². The van der Waals surface area contributed by atoms with Crippen molar-refractivity contribution in [3.8, 4) is 0 Å². The molecule has 1 aromatic heterocycles. The van der Waals surface area contributed by atoms with E-state index in [1.165, 1.54) is 4.68 Å². The van der Waals surface area contributed by atoms with E-state index in [9.17, 15) is 14.4 Å². The van der Waals surface area contributed by atoms with Crippen molar-refractivity contribution in [3.63, 3.8) is 0 Å². The first-order valence-corrected chi connectivity index (χ1v) is 9.52. The van der Waals surface area contributed by atoms with Crippen molar-refractivity contribution in [3.05, 3.63) is 70.1 Å². The number of aromatic nitrogens is 2. The Kier molecular flexibility index (Phi) is 6.07. The lowest BCUT2D eigenvalue weighted by molar-refractivity contribution is 0.0505. The first-order chi connectivity index (χ1) is 13.9. The van der Waals surface area contributed by atoms with Gasteiger partial charge in [0.1, 0.15) is 0 Å². The number of anilines is 1. The van der Waals surface area contributed by atoms with Gasteiger partial charge >= 0.3 is 5.97 Å². The van der Waals surface area contributed by atoms with Crippen molar-refractivity contribution in [1.29, 1.82) is 0 Å². The number of fused-ring (bicyclic) bond motifs is 1. The summed E-state index contributed by atoms with van der Waals surface area (Å²) in [5, 5.41) is 8.00. The van der Waals surface area contributed by atoms with Gasteiger partial charge in [-0.25, -0.2) is 9.48 Å². The van der Waals surface area contributed by atoms with Crippen molar-refractivity contribution in [2.75, 3.05) is 11.9 Å². The average molecular weight is 393 g/mol. The second-order valence-electron chi connectivity index (χ2n) is 6.91. The number of esters is 1. The van der Waals surface area contributed by atoms with Gasteiger partial charge in [-0.2, -0.15) is 5.10 Å². The van der Waals surface area contributed by atoms with E-state index in [2.05, 4.69) is 10.4 Å². The molecule has 0 bridgehead atoms. The highest BCUT2D eigenvalue weighted by Gasteiger charge is 2.18. The molecular formula is C22H23N3O4. The molecule has 2 aromatic carbocycles. The number of nitrogens with zero attached hydrogens (tertiary/aromatic N) is 2. The van der Waals surface area contributed by atoms with Gasteiger partial charge in [-0.1, -0.05) is 25.1 Å². The molecule has 0 aliphatic heterocycles. The molecule has 0 aliphatic carbocycles. The molecule has 0 saturated heterocycles. The van der Waals surface area contributed by atoms with Crippen LogP contribution in [0.1, 0.15) is 54.1 Å². The van der Waals surface area contributed by atoms with E-state index < -0.39 is 11.9 Å². The third-order valence-corrected chi connectivity index (χ3v) is 4.35. The van der Waals surface area contributed by atoms with Crippen molar-refractivity contribution in [2.45, 2.75) is 33.2 Å². The Balaban J connectivity index is 1.89. The SMILES string of the molecule is CCCOC(=O)c1ccc(NC(=O)c2nn(C(C)C)c(=O)c3ccccc23)cc1. The van der Waals surface area contributed by atoms with Gasteiger partial charge in [0.2, 0.25) is 0 Å². The van der Waals surface area contributed by atoms with Gasteiger partial charge in [-0.3, -0.25) is 9.59 Å². The van der Waals surface area contributed by atoms with E-state index in [1.807, 2.05) is 20.8 Å². The van der Waals surface area contributed by atoms with Crippen LogP contribution in [-0.2, 0) is 4.74 Å². The molecule has 1 N–H and O–H groups in total. The summed E-state index contributed by atoms with van der Waals surface area (Å²) < 4.78 is 6.40. The van der Waals surface area contributed by atoms with Crippen LogP contribution in [0.3, 0.4) is 0 Å². The fraction of sp³-hybridized carbons (Fsp3) is 0.273. The topological polar surface area (TPSA) is 90.3 Å². The number of ether oxygens (including phenoxy) is 1. The van der Waals surface area contributed by atoms with E-state index in [0.29, 0.717) is 28.6 Å². The predicted octanol–water partition coefficient (Wildman–Crippen LogP) is 3.80. The van der Waals surface area contributed by atoms with Crippen LogP contribution in [0.25, 0.3) is 10.8 Å². The molecule has 7 nitrogen and oxygen atoms in total. The molecule has 0 fully saturated rings.